The number of ether oxygens (including phenoxy) is 1. The highest BCUT2D eigenvalue weighted by Gasteiger charge is 2.10. The van der Waals surface area contributed by atoms with Crippen LogP contribution >= 0.6 is 23.2 Å². The van der Waals surface area contributed by atoms with Crippen LogP contribution in [-0.4, -0.2) is 6.61 Å². The van der Waals surface area contributed by atoms with Gasteiger partial charge in [0.25, 0.3) is 0 Å². The fourth-order valence-electron chi connectivity index (χ4n) is 1.75. The molecule has 0 atom stereocenters. The predicted octanol–water partition coefficient (Wildman–Crippen LogP) is 4.86. The molecule has 0 aromatic heterocycles. The van der Waals surface area contributed by atoms with Crippen LogP contribution in [0.2, 0.25) is 10.0 Å². The molecule has 0 amide bonds. The third-order valence-corrected chi connectivity index (χ3v) is 3.11. The second-order valence-corrected chi connectivity index (χ2v) is 4.91. The summed E-state index contributed by atoms with van der Waals surface area (Å²) >= 11 is 12.0. The Morgan fingerprint density at radius 2 is 1.80 bits per heavy atom. The number of hydrogen-bond donors (Lipinski definition) is 2. The maximum atomic E-state index is 13.1. The summed E-state index contributed by atoms with van der Waals surface area (Å²) in [5.74, 6) is 0.137. The summed E-state index contributed by atoms with van der Waals surface area (Å²) < 4.78 is 18.5. The lowest BCUT2D eigenvalue weighted by atomic mass is 10.2. The number of nitrogens with one attached hydrogen (secondary N) is 1. The molecule has 0 fully saturated rings. The first-order valence-electron chi connectivity index (χ1n) is 5.94. The van der Waals surface area contributed by atoms with Gasteiger partial charge < -0.3 is 15.8 Å². The van der Waals surface area contributed by atoms with Crippen LogP contribution in [0.3, 0.4) is 0 Å². The van der Waals surface area contributed by atoms with Gasteiger partial charge in [0.05, 0.1) is 22.3 Å². The summed E-state index contributed by atoms with van der Waals surface area (Å²) in [4.78, 5) is 0. The fraction of sp³-hybridized carbons (Fsp3) is 0.143. The maximum absolute atomic E-state index is 13.1. The van der Waals surface area contributed by atoms with Crippen molar-refractivity contribution in [3.05, 3.63) is 46.2 Å². The van der Waals surface area contributed by atoms with Crippen molar-refractivity contribution in [3.63, 3.8) is 0 Å². The molecular weight excluding hydrogens is 302 g/mol. The first-order valence-corrected chi connectivity index (χ1v) is 6.70. The summed E-state index contributed by atoms with van der Waals surface area (Å²) in [6, 6.07) is 7.55. The van der Waals surface area contributed by atoms with Crippen molar-refractivity contribution in [1.82, 2.24) is 0 Å². The number of anilines is 3. The molecule has 6 heteroatoms. The number of benzene rings is 2. The third kappa shape index (κ3) is 3.46. The molecule has 3 N–H and O–H groups in total. The molecular formula is C14H13Cl2FN2O. The molecule has 106 valence electrons. The number of nitrogen functional groups attached to an aromatic ring is 1. The molecule has 0 saturated heterocycles. The molecule has 0 saturated carbocycles. The van der Waals surface area contributed by atoms with Gasteiger partial charge in [0.15, 0.2) is 0 Å². The smallest absolute Gasteiger partial charge is 0.126 e. The standard InChI is InChI=1S/C14H13Cl2FN2O/c1-2-20-11-6-9(18)5-10(7-11)19-14-12(15)3-8(17)4-13(14)16/h3-7,19H,2,18H2,1H3. The Hall–Kier alpha value is -1.65. The van der Waals surface area contributed by atoms with Crippen LogP contribution < -0.4 is 15.8 Å². The van der Waals surface area contributed by atoms with Crippen molar-refractivity contribution in [2.24, 2.45) is 0 Å². The van der Waals surface area contributed by atoms with E-state index in [1.165, 1.54) is 12.1 Å². The minimum absolute atomic E-state index is 0.190. The van der Waals surface area contributed by atoms with Gasteiger partial charge in [0.2, 0.25) is 0 Å². The molecule has 0 aliphatic carbocycles. The number of hydrogen-bond acceptors (Lipinski definition) is 3. The molecule has 0 heterocycles. The highest BCUT2D eigenvalue weighted by Crippen LogP contribution is 2.35. The minimum atomic E-state index is -0.492. The van der Waals surface area contributed by atoms with Crippen LogP contribution in [0.1, 0.15) is 6.92 Å². The third-order valence-electron chi connectivity index (χ3n) is 2.52. The van der Waals surface area contributed by atoms with Gasteiger partial charge in [0.1, 0.15) is 11.6 Å². The molecule has 20 heavy (non-hydrogen) atoms. The Morgan fingerprint density at radius 3 is 2.40 bits per heavy atom. The zero-order chi connectivity index (χ0) is 14.7. The Kier molecular flexibility index (Phi) is 4.57. The van der Waals surface area contributed by atoms with Crippen molar-refractivity contribution in [1.29, 1.82) is 0 Å². The van der Waals surface area contributed by atoms with Crippen molar-refractivity contribution in [2.45, 2.75) is 6.92 Å². The molecule has 0 radical (unpaired) electrons. The molecule has 3 nitrogen and oxygen atoms in total. The van der Waals surface area contributed by atoms with Gasteiger partial charge in [0, 0.05) is 23.5 Å². The number of nitrogens with two attached hydrogens (primary N) is 1. The van der Waals surface area contributed by atoms with Crippen LogP contribution in [0.25, 0.3) is 0 Å². The van der Waals surface area contributed by atoms with Crippen LogP contribution in [0.5, 0.6) is 5.75 Å². The molecule has 2 rings (SSSR count). The molecule has 0 unspecified atom stereocenters. The Morgan fingerprint density at radius 1 is 1.15 bits per heavy atom. The van der Waals surface area contributed by atoms with Gasteiger partial charge in [-0.1, -0.05) is 23.2 Å². The van der Waals surface area contributed by atoms with E-state index in [4.69, 9.17) is 33.7 Å². The second kappa shape index (κ2) is 6.20. The Bertz CT molecular complexity index is 612. The minimum Gasteiger partial charge on any atom is -0.494 e. The second-order valence-electron chi connectivity index (χ2n) is 4.09. The van der Waals surface area contributed by atoms with E-state index < -0.39 is 5.82 Å². The lowest BCUT2D eigenvalue weighted by molar-refractivity contribution is 0.340. The Labute approximate surface area is 126 Å². The lowest BCUT2D eigenvalue weighted by Crippen LogP contribution is -1.98. The highest BCUT2D eigenvalue weighted by molar-refractivity contribution is 6.39. The predicted molar refractivity (Wildman–Crippen MR) is 81.7 cm³/mol. The fourth-order valence-corrected chi connectivity index (χ4v) is 2.31. The molecule has 0 aliphatic heterocycles. The van der Waals surface area contributed by atoms with Crippen LogP contribution in [0, 0.1) is 5.82 Å². The molecule has 0 spiro atoms. The number of halogens is 3. The van der Waals surface area contributed by atoms with Gasteiger partial charge in [-0.3, -0.25) is 0 Å². The van der Waals surface area contributed by atoms with Gasteiger partial charge >= 0.3 is 0 Å². The lowest BCUT2D eigenvalue weighted by Gasteiger charge is -2.13. The largest absolute Gasteiger partial charge is 0.494 e. The van der Waals surface area contributed by atoms with E-state index in [1.54, 1.807) is 18.2 Å². The first kappa shape index (κ1) is 14.8. The van der Waals surface area contributed by atoms with Gasteiger partial charge in [-0.05, 0) is 25.1 Å². The average molecular weight is 315 g/mol. The summed E-state index contributed by atoms with van der Waals surface area (Å²) in [6.07, 6.45) is 0. The normalized spacial score (nSPS) is 10.4. The van der Waals surface area contributed by atoms with E-state index in [-0.39, 0.29) is 10.0 Å². The molecule has 0 bridgehead atoms. The maximum Gasteiger partial charge on any atom is 0.126 e. The van der Waals surface area contributed by atoms with Crippen LogP contribution in [0.15, 0.2) is 30.3 Å². The zero-order valence-corrected chi connectivity index (χ0v) is 12.2. The molecule has 2 aromatic rings. The van der Waals surface area contributed by atoms with Crippen molar-refractivity contribution < 1.29 is 9.13 Å². The van der Waals surface area contributed by atoms with Crippen LogP contribution in [0.4, 0.5) is 21.5 Å². The first-order chi connectivity index (χ1) is 9.49. The van der Waals surface area contributed by atoms with E-state index in [0.29, 0.717) is 29.4 Å². The summed E-state index contributed by atoms with van der Waals surface area (Å²) in [6.45, 7) is 2.41. The molecule has 0 aliphatic rings. The summed E-state index contributed by atoms with van der Waals surface area (Å²) in [7, 11) is 0. The van der Waals surface area contributed by atoms with E-state index in [9.17, 15) is 4.39 Å². The zero-order valence-electron chi connectivity index (χ0n) is 10.7. The topological polar surface area (TPSA) is 47.3 Å². The van der Waals surface area contributed by atoms with Gasteiger partial charge in [-0.15, -0.1) is 0 Å². The summed E-state index contributed by atoms with van der Waals surface area (Å²) in [5.41, 5.74) is 7.41. The number of rotatable bonds is 4. The SMILES string of the molecule is CCOc1cc(N)cc(Nc2c(Cl)cc(F)cc2Cl)c1. The Balaban J connectivity index is 2.35. The van der Waals surface area contributed by atoms with Gasteiger partial charge in [-0.2, -0.15) is 0 Å². The van der Waals surface area contributed by atoms with Crippen molar-refractivity contribution in [2.75, 3.05) is 17.7 Å². The highest BCUT2D eigenvalue weighted by atomic mass is 35.5. The van der Waals surface area contributed by atoms with E-state index >= 15 is 0 Å². The summed E-state index contributed by atoms with van der Waals surface area (Å²) in [5, 5.41) is 3.40. The van der Waals surface area contributed by atoms with E-state index in [2.05, 4.69) is 5.32 Å². The molecule has 2 aromatic carbocycles. The monoisotopic (exact) mass is 314 g/mol. The van der Waals surface area contributed by atoms with Gasteiger partial charge in [-0.25, -0.2) is 4.39 Å². The van der Waals surface area contributed by atoms with Crippen LogP contribution in [-0.2, 0) is 0 Å². The van der Waals surface area contributed by atoms with E-state index in [0.717, 1.165) is 0 Å². The van der Waals surface area contributed by atoms with E-state index in [1.807, 2.05) is 6.92 Å². The average Bonchev–Trinajstić information content (AvgIpc) is 2.33. The van der Waals surface area contributed by atoms with Crippen molar-refractivity contribution >= 4 is 40.3 Å². The quantitative estimate of drug-likeness (QED) is 0.792. The van der Waals surface area contributed by atoms with Crippen molar-refractivity contribution in [3.8, 4) is 5.75 Å².